The van der Waals surface area contributed by atoms with Gasteiger partial charge in [-0.25, -0.2) is 13.2 Å². The highest BCUT2D eigenvalue weighted by atomic mass is 19.4. The first-order chi connectivity index (χ1) is 19.1. The number of benzene rings is 4. The van der Waals surface area contributed by atoms with Gasteiger partial charge in [0, 0.05) is 22.5 Å². The van der Waals surface area contributed by atoms with Crippen molar-refractivity contribution >= 4 is 40.1 Å². The molecule has 2 heterocycles. The molecule has 1 unspecified atom stereocenters. The lowest BCUT2D eigenvalue weighted by molar-refractivity contribution is -0.185. The van der Waals surface area contributed by atoms with E-state index in [-0.39, 0.29) is 17.1 Å². The van der Waals surface area contributed by atoms with Gasteiger partial charge in [-0.15, -0.1) is 0 Å². The van der Waals surface area contributed by atoms with Crippen LogP contribution in [0.25, 0.3) is 5.57 Å². The third-order valence-corrected chi connectivity index (χ3v) is 7.02. The summed E-state index contributed by atoms with van der Waals surface area (Å²) < 4.78 is 91.4. The summed E-state index contributed by atoms with van der Waals surface area (Å²) >= 11 is 0. The Morgan fingerprint density at radius 2 is 1.20 bits per heavy atom. The third-order valence-electron chi connectivity index (χ3n) is 7.02. The Labute approximate surface area is 223 Å². The molecule has 4 aromatic carbocycles. The summed E-state index contributed by atoms with van der Waals surface area (Å²) in [5.41, 5.74) is -7.07. The molecule has 1 atom stereocenters. The first-order valence-corrected chi connectivity index (χ1v) is 11.9. The number of carbonyl (C=O) groups excluding carboxylic acids is 2. The highest BCUT2D eigenvalue weighted by molar-refractivity contribution is 6.36. The number of halogens is 6. The number of hydrogen-bond acceptors (Lipinski definition) is 2. The Kier molecular flexibility index (Phi) is 5.62. The van der Waals surface area contributed by atoms with Gasteiger partial charge in [0.2, 0.25) is 5.41 Å². The van der Waals surface area contributed by atoms with Crippen LogP contribution >= 0.6 is 0 Å². The number of rotatable bonds is 3. The summed E-state index contributed by atoms with van der Waals surface area (Å²) in [4.78, 5) is 29.2. The van der Waals surface area contributed by atoms with Gasteiger partial charge >= 0.3 is 6.18 Å². The van der Waals surface area contributed by atoms with E-state index in [9.17, 15) is 18.4 Å². The maximum Gasteiger partial charge on any atom is 0.413 e. The maximum absolute atomic E-state index is 16.9. The predicted octanol–water partition coefficient (Wildman–Crippen LogP) is 7.50. The van der Waals surface area contributed by atoms with Crippen LogP contribution in [-0.2, 0) is 15.0 Å². The molecule has 6 rings (SSSR count). The first-order valence-electron chi connectivity index (χ1n) is 11.9. The monoisotopic (exact) mass is 550 g/mol. The molecule has 2 amide bonds. The average molecular weight is 550 g/mol. The molecule has 0 N–H and O–H groups in total. The second-order valence-corrected chi connectivity index (χ2v) is 9.21. The number of alkyl halides is 3. The zero-order valence-electron chi connectivity index (χ0n) is 20.2. The van der Waals surface area contributed by atoms with E-state index in [1.54, 1.807) is 24.3 Å². The average Bonchev–Trinajstić information content (AvgIpc) is 3.36. The lowest BCUT2D eigenvalue weighted by atomic mass is 9.77. The number of nitrogens with zero attached hydrogens (tertiary/aromatic N) is 2. The van der Waals surface area contributed by atoms with Crippen LogP contribution in [0.1, 0.15) is 11.1 Å². The molecule has 2 aliphatic heterocycles. The molecule has 4 aromatic rings. The second kappa shape index (κ2) is 8.84. The van der Waals surface area contributed by atoms with Crippen molar-refractivity contribution in [3.8, 4) is 0 Å². The molecule has 10 heteroatoms. The molecular formula is C30H16F6N2O2. The van der Waals surface area contributed by atoms with Gasteiger partial charge in [-0.3, -0.25) is 19.4 Å². The van der Waals surface area contributed by atoms with Crippen LogP contribution in [0, 0.1) is 11.6 Å². The van der Waals surface area contributed by atoms with E-state index in [0.717, 1.165) is 35.2 Å². The van der Waals surface area contributed by atoms with Gasteiger partial charge in [-0.2, -0.15) is 13.2 Å². The molecule has 0 saturated heterocycles. The topological polar surface area (TPSA) is 40.6 Å². The van der Waals surface area contributed by atoms with E-state index >= 15 is 17.6 Å². The van der Waals surface area contributed by atoms with Crippen molar-refractivity contribution in [1.82, 2.24) is 0 Å². The Balaban J connectivity index is 1.69. The third kappa shape index (κ3) is 3.41. The summed E-state index contributed by atoms with van der Waals surface area (Å²) in [5.74, 6) is -7.30. The molecule has 0 aromatic heterocycles. The normalized spacial score (nSPS) is 19.6. The van der Waals surface area contributed by atoms with Crippen LogP contribution in [0.4, 0.5) is 49.1 Å². The number of fused-ring (bicyclic) bond motifs is 2. The van der Waals surface area contributed by atoms with Crippen LogP contribution in [0.2, 0.25) is 0 Å². The van der Waals surface area contributed by atoms with Crippen LogP contribution in [-0.4, -0.2) is 18.0 Å². The van der Waals surface area contributed by atoms with E-state index < -0.39 is 63.3 Å². The van der Waals surface area contributed by atoms with Gasteiger partial charge in [0.05, 0.1) is 16.9 Å². The minimum Gasteiger partial charge on any atom is -0.279 e. The molecule has 4 nitrogen and oxygen atoms in total. The van der Waals surface area contributed by atoms with Gasteiger partial charge in [0.1, 0.15) is 17.5 Å². The van der Waals surface area contributed by atoms with Gasteiger partial charge in [0.15, 0.2) is 0 Å². The molecule has 0 spiro atoms. The quantitative estimate of drug-likeness (QED) is 0.196. The molecule has 0 aliphatic carbocycles. The standard InChI is InChI=1S/C30H16F6N2O2/c31-17-11-13-23-21(15-17)25(27(39)37(23)19-7-3-1-4-8-19)26(33)29(30(34,35)36)22-16-18(32)12-14-24(22)38(28(29)40)20-9-5-2-6-10-20/h1-16H. The van der Waals surface area contributed by atoms with Crippen molar-refractivity contribution in [2.24, 2.45) is 0 Å². The molecule has 40 heavy (non-hydrogen) atoms. The molecular weight excluding hydrogens is 534 g/mol. The molecule has 0 fully saturated rings. The summed E-state index contributed by atoms with van der Waals surface area (Å²) in [7, 11) is 0. The Morgan fingerprint density at radius 3 is 1.77 bits per heavy atom. The summed E-state index contributed by atoms with van der Waals surface area (Å²) in [5, 5.41) is 0. The number of anilines is 4. The lowest BCUT2D eigenvalue weighted by Crippen LogP contribution is -2.51. The highest BCUT2D eigenvalue weighted by Gasteiger charge is 2.71. The van der Waals surface area contributed by atoms with Crippen LogP contribution in [0.3, 0.4) is 0 Å². The fourth-order valence-electron chi connectivity index (χ4n) is 5.31. The Bertz CT molecular complexity index is 1720. The van der Waals surface area contributed by atoms with Gasteiger partial charge in [-0.05, 0) is 60.7 Å². The minimum absolute atomic E-state index is 0.0283. The number of amides is 2. The van der Waals surface area contributed by atoms with Crippen molar-refractivity contribution < 1.29 is 35.9 Å². The fourth-order valence-corrected chi connectivity index (χ4v) is 5.31. The van der Waals surface area contributed by atoms with E-state index in [1.165, 1.54) is 36.4 Å². The largest absolute Gasteiger partial charge is 0.413 e. The van der Waals surface area contributed by atoms with Crippen molar-refractivity contribution in [2.45, 2.75) is 11.6 Å². The maximum atomic E-state index is 16.9. The van der Waals surface area contributed by atoms with Crippen molar-refractivity contribution in [1.29, 1.82) is 0 Å². The van der Waals surface area contributed by atoms with E-state index in [0.29, 0.717) is 11.0 Å². The lowest BCUT2D eigenvalue weighted by Gasteiger charge is -2.30. The number of carbonyl (C=O) groups is 2. The minimum atomic E-state index is -5.68. The second-order valence-electron chi connectivity index (χ2n) is 9.21. The van der Waals surface area contributed by atoms with Gasteiger partial charge in [-0.1, -0.05) is 36.4 Å². The fraction of sp³-hybridized carbons (Fsp3) is 0.0667. The summed E-state index contributed by atoms with van der Waals surface area (Å²) in [6, 6.07) is 19.9. The van der Waals surface area contributed by atoms with E-state index in [4.69, 9.17) is 0 Å². The van der Waals surface area contributed by atoms with Crippen molar-refractivity contribution in [3.63, 3.8) is 0 Å². The van der Waals surface area contributed by atoms with Crippen LogP contribution < -0.4 is 9.80 Å². The SMILES string of the molecule is O=C1C(=C(F)C2(C(F)(F)F)C(=O)N(c3ccccc3)c3ccc(F)cc32)c2cc(F)ccc2N1c1ccccc1. The van der Waals surface area contributed by atoms with E-state index in [1.807, 2.05) is 0 Å². The highest BCUT2D eigenvalue weighted by Crippen LogP contribution is 2.60. The zero-order chi connectivity index (χ0) is 28.4. The van der Waals surface area contributed by atoms with Crippen molar-refractivity contribution in [3.05, 3.63) is 126 Å². The Hall–Kier alpha value is -4.86. The number of hydrogen-bond donors (Lipinski definition) is 0. The van der Waals surface area contributed by atoms with Crippen LogP contribution in [0.15, 0.2) is 103 Å². The number of para-hydroxylation sites is 2. The molecule has 200 valence electrons. The van der Waals surface area contributed by atoms with Crippen molar-refractivity contribution in [2.75, 3.05) is 9.80 Å². The predicted molar refractivity (Wildman–Crippen MR) is 136 cm³/mol. The summed E-state index contributed by atoms with van der Waals surface area (Å²) in [6.07, 6.45) is -5.68. The Morgan fingerprint density at radius 1 is 0.675 bits per heavy atom. The van der Waals surface area contributed by atoms with Crippen LogP contribution in [0.5, 0.6) is 0 Å². The first kappa shape index (κ1) is 25.4. The van der Waals surface area contributed by atoms with Gasteiger partial charge < -0.3 is 0 Å². The molecule has 0 saturated carbocycles. The van der Waals surface area contributed by atoms with E-state index in [2.05, 4.69) is 0 Å². The molecule has 2 aliphatic rings. The smallest absolute Gasteiger partial charge is 0.279 e. The molecule has 0 bridgehead atoms. The zero-order valence-corrected chi connectivity index (χ0v) is 20.2. The molecule has 0 radical (unpaired) electrons. The van der Waals surface area contributed by atoms with Gasteiger partial charge in [0.25, 0.3) is 11.8 Å². The summed E-state index contributed by atoms with van der Waals surface area (Å²) in [6.45, 7) is 0.